The monoisotopic (exact) mass is 1360 g/mol. The van der Waals surface area contributed by atoms with Crippen LogP contribution in [0.3, 0.4) is 0 Å². The number of aliphatic hydroxyl groups excluding tert-OH is 1. The number of aliphatic hydroxyl groups is 1. The molecule has 0 fully saturated rings. The number of allylic oxidation sites excluding steroid dienone is 4. The molecule has 0 spiro atoms. The van der Waals surface area contributed by atoms with E-state index in [4.69, 9.17) is 37.0 Å². The molecule has 0 aliphatic carbocycles. The Bertz CT molecular complexity index is 1870. The highest BCUT2D eigenvalue weighted by atomic mass is 31.2. The topological polar surface area (TPSA) is 237 Å². The molecule has 0 aliphatic rings. The lowest BCUT2D eigenvalue weighted by molar-refractivity contribution is -0.161. The van der Waals surface area contributed by atoms with Crippen molar-refractivity contribution in [3.05, 3.63) is 24.3 Å². The van der Waals surface area contributed by atoms with Gasteiger partial charge in [-0.15, -0.1) is 0 Å². The summed E-state index contributed by atoms with van der Waals surface area (Å²) >= 11 is 0. The Labute approximate surface area is 567 Å². The Hall–Kier alpha value is -2.46. The maximum atomic E-state index is 13.0. The molecule has 0 aromatic rings. The van der Waals surface area contributed by atoms with Gasteiger partial charge in [-0.25, -0.2) is 9.13 Å². The third-order valence-electron chi connectivity index (χ3n) is 16.7. The van der Waals surface area contributed by atoms with Crippen LogP contribution in [0.5, 0.6) is 0 Å². The fraction of sp³-hybridized carbons (Fsp3) is 0.892. The summed E-state index contributed by atoms with van der Waals surface area (Å²) in [5.41, 5.74) is 0. The van der Waals surface area contributed by atoms with Crippen LogP contribution in [0.15, 0.2) is 24.3 Å². The lowest BCUT2D eigenvalue weighted by atomic mass is 10.0. The quantitative estimate of drug-likeness (QED) is 0.0169. The van der Waals surface area contributed by atoms with E-state index in [0.717, 1.165) is 122 Å². The van der Waals surface area contributed by atoms with Gasteiger partial charge in [0.1, 0.15) is 19.3 Å². The van der Waals surface area contributed by atoms with Gasteiger partial charge in [-0.1, -0.05) is 315 Å². The third-order valence-corrected chi connectivity index (χ3v) is 18.6. The third kappa shape index (κ3) is 67.9. The van der Waals surface area contributed by atoms with Gasteiger partial charge in [0.2, 0.25) is 0 Å². The number of carbonyl (C=O) groups excluding carboxylic acids is 4. The number of esters is 4. The van der Waals surface area contributed by atoms with Gasteiger partial charge in [0.05, 0.1) is 26.4 Å². The van der Waals surface area contributed by atoms with Gasteiger partial charge in [0.25, 0.3) is 0 Å². The van der Waals surface area contributed by atoms with E-state index < -0.39 is 97.5 Å². The molecule has 93 heavy (non-hydrogen) atoms. The van der Waals surface area contributed by atoms with E-state index in [1.807, 2.05) is 0 Å². The minimum atomic E-state index is -4.96. The van der Waals surface area contributed by atoms with Crippen molar-refractivity contribution in [3.63, 3.8) is 0 Å². The van der Waals surface area contributed by atoms with Gasteiger partial charge in [-0.2, -0.15) is 0 Å². The fourth-order valence-electron chi connectivity index (χ4n) is 10.9. The van der Waals surface area contributed by atoms with Gasteiger partial charge in [-0.05, 0) is 51.4 Å². The summed E-state index contributed by atoms with van der Waals surface area (Å²) in [7, 11) is -9.91. The van der Waals surface area contributed by atoms with E-state index in [2.05, 4.69) is 52.0 Å². The van der Waals surface area contributed by atoms with Crippen LogP contribution in [0.25, 0.3) is 0 Å². The van der Waals surface area contributed by atoms with E-state index in [1.54, 1.807) is 0 Å². The van der Waals surface area contributed by atoms with Gasteiger partial charge >= 0.3 is 39.5 Å². The van der Waals surface area contributed by atoms with Crippen molar-refractivity contribution >= 4 is 39.5 Å². The van der Waals surface area contributed by atoms with Crippen LogP contribution in [0.4, 0.5) is 0 Å². The maximum absolute atomic E-state index is 13.0. The largest absolute Gasteiger partial charge is 0.472 e. The minimum Gasteiger partial charge on any atom is -0.462 e. The van der Waals surface area contributed by atoms with E-state index in [9.17, 15) is 43.2 Å². The molecule has 19 heteroatoms. The highest BCUT2D eigenvalue weighted by Gasteiger charge is 2.30. The lowest BCUT2D eigenvalue weighted by Gasteiger charge is -2.21. The molecule has 0 amide bonds. The Kier molecular flexibility index (Phi) is 66.3. The normalized spacial score (nSPS) is 14.1. The minimum absolute atomic E-state index is 0.102. The van der Waals surface area contributed by atoms with Crippen molar-refractivity contribution in [2.24, 2.45) is 0 Å². The first-order valence-electron chi connectivity index (χ1n) is 38.1. The Balaban J connectivity index is 5.23. The van der Waals surface area contributed by atoms with Crippen LogP contribution in [0, 0.1) is 0 Å². The van der Waals surface area contributed by atoms with E-state index in [0.29, 0.717) is 25.7 Å². The maximum Gasteiger partial charge on any atom is 0.472 e. The van der Waals surface area contributed by atoms with Crippen molar-refractivity contribution < 1.29 is 80.2 Å². The van der Waals surface area contributed by atoms with Crippen molar-refractivity contribution in [3.8, 4) is 0 Å². The van der Waals surface area contributed by atoms with Crippen LogP contribution in [0.2, 0.25) is 0 Å². The number of ether oxygens (including phenoxy) is 4. The molecule has 0 saturated heterocycles. The molecule has 0 rings (SSSR count). The first-order valence-corrected chi connectivity index (χ1v) is 41.1. The number of hydrogen-bond donors (Lipinski definition) is 3. The second kappa shape index (κ2) is 68.1. The first kappa shape index (κ1) is 90.5. The average molecular weight is 1360 g/mol. The van der Waals surface area contributed by atoms with E-state index in [1.165, 1.54) is 167 Å². The van der Waals surface area contributed by atoms with E-state index in [-0.39, 0.29) is 25.7 Å². The van der Waals surface area contributed by atoms with Crippen LogP contribution < -0.4 is 0 Å². The van der Waals surface area contributed by atoms with Gasteiger partial charge < -0.3 is 33.8 Å². The molecule has 3 N–H and O–H groups in total. The summed E-state index contributed by atoms with van der Waals surface area (Å²) in [5, 5.41) is 10.6. The Morgan fingerprint density at radius 1 is 0.301 bits per heavy atom. The summed E-state index contributed by atoms with van der Waals surface area (Å²) in [5.74, 6) is -2.15. The molecular weight excluding hydrogens is 1220 g/mol. The molecule has 0 aliphatic heterocycles. The van der Waals surface area contributed by atoms with Crippen molar-refractivity contribution in [2.75, 3.05) is 39.6 Å². The van der Waals surface area contributed by atoms with Crippen molar-refractivity contribution in [1.82, 2.24) is 0 Å². The molecule has 0 saturated carbocycles. The summed E-state index contributed by atoms with van der Waals surface area (Å²) in [6.45, 7) is 4.88. The zero-order chi connectivity index (χ0) is 68.2. The average Bonchev–Trinajstić information content (AvgIpc) is 3.05. The van der Waals surface area contributed by atoms with Crippen LogP contribution in [-0.4, -0.2) is 96.7 Å². The van der Waals surface area contributed by atoms with Gasteiger partial charge in [0.15, 0.2) is 12.2 Å². The summed E-state index contributed by atoms with van der Waals surface area (Å²) in [4.78, 5) is 72.6. The van der Waals surface area contributed by atoms with Gasteiger partial charge in [-0.3, -0.25) is 37.3 Å². The van der Waals surface area contributed by atoms with E-state index >= 15 is 0 Å². The number of phosphoric acid groups is 2. The molecule has 0 bridgehead atoms. The number of unbranched alkanes of at least 4 members (excludes halogenated alkanes) is 44. The zero-order valence-corrected chi connectivity index (χ0v) is 61.5. The van der Waals surface area contributed by atoms with Crippen molar-refractivity contribution in [2.45, 2.75) is 386 Å². The number of rotatable bonds is 73. The smallest absolute Gasteiger partial charge is 0.462 e. The molecule has 0 radical (unpaired) electrons. The molecule has 2 unspecified atom stereocenters. The molecule has 0 heterocycles. The summed E-state index contributed by atoms with van der Waals surface area (Å²) < 4.78 is 68.3. The van der Waals surface area contributed by atoms with Gasteiger partial charge in [0, 0.05) is 25.7 Å². The molecule has 0 aromatic carbocycles. The summed E-state index contributed by atoms with van der Waals surface area (Å²) in [6.07, 6.45) is 60.5. The van der Waals surface area contributed by atoms with Crippen LogP contribution >= 0.6 is 15.6 Å². The zero-order valence-electron chi connectivity index (χ0n) is 59.7. The highest BCUT2D eigenvalue weighted by molar-refractivity contribution is 7.47. The molecule has 17 nitrogen and oxygen atoms in total. The van der Waals surface area contributed by atoms with Crippen LogP contribution in [0.1, 0.15) is 368 Å². The Morgan fingerprint density at radius 2 is 0.516 bits per heavy atom. The predicted molar refractivity (Wildman–Crippen MR) is 377 cm³/mol. The lowest BCUT2D eigenvalue weighted by Crippen LogP contribution is -2.30. The SMILES string of the molecule is CCCCCC/C=C\C=C/CCCCCCCC(=O)OC[C@H](COP(=O)(O)OC[C@@H](O)COP(=O)(O)OC[C@@H](COC(=O)CCCCCCCCC)OC(=O)CCCCCCCCCCCCCCCCC)OC(=O)CCCCCCCCCCCCCCCCCC. The molecule has 0 aromatic heterocycles. The Morgan fingerprint density at radius 3 is 0.785 bits per heavy atom. The van der Waals surface area contributed by atoms with Crippen molar-refractivity contribution in [1.29, 1.82) is 0 Å². The predicted octanol–water partition coefficient (Wildman–Crippen LogP) is 21.4. The number of phosphoric ester groups is 2. The fourth-order valence-corrected chi connectivity index (χ4v) is 12.4. The standard InChI is InChI=1S/C74H140O17P2/c1-5-9-13-17-21-24-27-30-33-36-39-42-45-49-53-57-61-74(79)91-70(65-85-72(77)59-55-51-47-43-40-37-34-31-28-25-22-18-14-10-6-2)67-89-93(82,83)87-63-68(75)62-86-92(80,81)88-66-69(64-84-71(76)58-54-50-46-20-16-12-8-4)90-73(78)60-56-52-48-44-41-38-35-32-29-26-23-19-15-11-7-3/h25,28,31,34,68-70,75H,5-24,26-27,29-30,32-33,35-67H2,1-4H3,(H,80,81)(H,82,83)/b28-25-,34-31-/t68-,69+,70+/m0/s1. The second-order valence-corrected chi connectivity index (χ2v) is 28.9. The molecule has 548 valence electrons. The molecular formula is C74H140O17P2. The summed E-state index contributed by atoms with van der Waals surface area (Å²) in [6, 6.07) is 0. The first-order chi connectivity index (χ1) is 45.2. The van der Waals surface area contributed by atoms with Crippen LogP contribution in [-0.2, 0) is 65.4 Å². The second-order valence-electron chi connectivity index (χ2n) is 26.0. The number of carbonyl (C=O) groups is 4. The molecule has 5 atom stereocenters. The number of hydrogen-bond acceptors (Lipinski definition) is 15. The highest BCUT2D eigenvalue weighted by Crippen LogP contribution is 2.45.